The number of nitrogens with one attached hydrogen (secondary N) is 1. The highest BCUT2D eigenvalue weighted by Gasteiger charge is 2.16. The summed E-state index contributed by atoms with van der Waals surface area (Å²) in [7, 11) is 0. The van der Waals surface area contributed by atoms with Crippen molar-refractivity contribution in [3.05, 3.63) is 58.9 Å². The van der Waals surface area contributed by atoms with Gasteiger partial charge in [-0.25, -0.2) is 0 Å². The average molecular weight is 296 g/mol. The maximum Gasteiger partial charge on any atom is 0.124 e. The van der Waals surface area contributed by atoms with E-state index in [4.69, 9.17) is 4.74 Å². The number of hydrogen-bond donors (Lipinski definition) is 1. The summed E-state index contributed by atoms with van der Waals surface area (Å²) in [4.78, 5) is 4.19. The molecule has 3 rings (SSSR count). The van der Waals surface area contributed by atoms with Crippen LogP contribution in [0.25, 0.3) is 0 Å². The summed E-state index contributed by atoms with van der Waals surface area (Å²) < 4.78 is 5.85. The van der Waals surface area contributed by atoms with Crippen LogP contribution in [0.5, 0.6) is 5.75 Å². The van der Waals surface area contributed by atoms with Gasteiger partial charge >= 0.3 is 0 Å². The first-order valence-electron chi connectivity index (χ1n) is 8.18. The third-order valence-corrected chi connectivity index (χ3v) is 4.36. The van der Waals surface area contributed by atoms with Crippen LogP contribution >= 0.6 is 0 Å². The maximum atomic E-state index is 5.85. The quantitative estimate of drug-likeness (QED) is 0.880. The predicted octanol–water partition coefficient (Wildman–Crippen LogP) is 3.82. The van der Waals surface area contributed by atoms with E-state index in [1.54, 1.807) is 0 Å². The second-order valence-electron chi connectivity index (χ2n) is 5.90. The number of aryl methyl sites for hydroxylation is 2. The molecule has 2 aromatic rings. The second kappa shape index (κ2) is 6.93. The van der Waals surface area contributed by atoms with Gasteiger partial charge in [-0.2, -0.15) is 0 Å². The van der Waals surface area contributed by atoms with Crippen LogP contribution in [-0.4, -0.2) is 11.6 Å². The fraction of sp³-hybridized carbons (Fsp3) is 0.421. The molecule has 1 aliphatic carbocycles. The van der Waals surface area contributed by atoms with Gasteiger partial charge in [-0.3, -0.25) is 4.98 Å². The van der Waals surface area contributed by atoms with Gasteiger partial charge < -0.3 is 10.1 Å². The summed E-state index contributed by atoms with van der Waals surface area (Å²) in [5.41, 5.74) is 5.43. The fourth-order valence-electron chi connectivity index (χ4n) is 3.09. The van der Waals surface area contributed by atoms with Crippen LogP contribution < -0.4 is 10.1 Å². The minimum Gasteiger partial charge on any atom is -0.494 e. The van der Waals surface area contributed by atoms with Crippen molar-refractivity contribution in [1.29, 1.82) is 0 Å². The zero-order valence-electron chi connectivity index (χ0n) is 13.4. The first-order chi connectivity index (χ1) is 10.8. The van der Waals surface area contributed by atoms with Crippen molar-refractivity contribution < 1.29 is 4.74 Å². The van der Waals surface area contributed by atoms with Crippen LogP contribution in [0.4, 0.5) is 0 Å². The zero-order valence-corrected chi connectivity index (χ0v) is 13.4. The number of ether oxygens (including phenoxy) is 1. The summed E-state index contributed by atoms with van der Waals surface area (Å²) in [6.07, 6.45) is 7.39. The highest BCUT2D eigenvalue weighted by molar-refractivity contribution is 5.45. The minimum absolute atomic E-state index is 0.274. The van der Waals surface area contributed by atoms with E-state index in [-0.39, 0.29) is 6.04 Å². The van der Waals surface area contributed by atoms with Crippen molar-refractivity contribution in [1.82, 2.24) is 10.3 Å². The highest BCUT2D eigenvalue weighted by Crippen LogP contribution is 2.30. The summed E-state index contributed by atoms with van der Waals surface area (Å²) in [6, 6.07) is 8.94. The molecule has 22 heavy (non-hydrogen) atoms. The lowest BCUT2D eigenvalue weighted by Crippen LogP contribution is -2.19. The Bertz CT molecular complexity index is 625. The molecule has 0 saturated carbocycles. The Balaban J connectivity index is 1.74. The van der Waals surface area contributed by atoms with E-state index < -0.39 is 0 Å². The number of hydrogen-bond acceptors (Lipinski definition) is 3. The van der Waals surface area contributed by atoms with Gasteiger partial charge in [0.2, 0.25) is 0 Å². The van der Waals surface area contributed by atoms with E-state index in [2.05, 4.69) is 35.4 Å². The van der Waals surface area contributed by atoms with E-state index in [9.17, 15) is 0 Å². The Hall–Kier alpha value is -1.87. The number of rotatable bonds is 6. The van der Waals surface area contributed by atoms with Crippen molar-refractivity contribution >= 4 is 0 Å². The minimum atomic E-state index is 0.274. The van der Waals surface area contributed by atoms with Crippen molar-refractivity contribution in [2.75, 3.05) is 6.61 Å². The van der Waals surface area contributed by atoms with E-state index in [1.165, 1.54) is 41.5 Å². The lowest BCUT2D eigenvalue weighted by atomic mass is 10.0. The first-order valence-corrected chi connectivity index (χ1v) is 8.18. The van der Waals surface area contributed by atoms with Gasteiger partial charge in [0.15, 0.2) is 0 Å². The Labute approximate surface area is 132 Å². The van der Waals surface area contributed by atoms with Crippen LogP contribution in [0.3, 0.4) is 0 Å². The number of nitrogens with zero attached hydrogens (tertiary/aromatic N) is 1. The molecule has 1 aromatic heterocycles. The number of benzene rings is 1. The molecule has 0 saturated heterocycles. The zero-order chi connectivity index (χ0) is 15.4. The van der Waals surface area contributed by atoms with Crippen LogP contribution in [0, 0.1) is 0 Å². The number of aromatic nitrogens is 1. The fourth-order valence-corrected chi connectivity index (χ4v) is 3.09. The second-order valence-corrected chi connectivity index (χ2v) is 5.90. The van der Waals surface area contributed by atoms with Crippen LogP contribution in [0.15, 0.2) is 36.7 Å². The van der Waals surface area contributed by atoms with Crippen molar-refractivity contribution in [2.45, 2.75) is 45.7 Å². The van der Waals surface area contributed by atoms with Crippen molar-refractivity contribution in [2.24, 2.45) is 0 Å². The van der Waals surface area contributed by atoms with Crippen LogP contribution in [-0.2, 0) is 19.4 Å². The Morgan fingerprint density at radius 3 is 2.82 bits per heavy atom. The molecule has 116 valence electrons. The summed E-state index contributed by atoms with van der Waals surface area (Å²) in [5.74, 6) is 1.04. The molecule has 0 radical (unpaired) electrons. The van der Waals surface area contributed by atoms with Gasteiger partial charge in [0.05, 0.1) is 6.61 Å². The molecule has 3 nitrogen and oxygen atoms in total. The third kappa shape index (κ3) is 3.30. The summed E-state index contributed by atoms with van der Waals surface area (Å²) >= 11 is 0. The molecule has 0 amide bonds. The summed E-state index contributed by atoms with van der Waals surface area (Å²) in [5, 5.41) is 3.59. The smallest absolute Gasteiger partial charge is 0.124 e. The SMILES string of the molecule is CCOc1cc2c(cc1CNC(C)c1cccnc1)CCC2. The lowest BCUT2D eigenvalue weighted by Gasteiger charge is -2.17. The Morgan fingerprint density at radius 2 is 2.09 bits per heavy atom. The van der Waals surface area contributed by atoms with Gasteiger partial charge in [-0.1, -0.05) is 12.1 Å². The van der Waals surface area contributed by atoms with E-state index in [0.29, 0.717) is 6.61 Å². The topological polar surface area (TPSA) is 34.1 Å². The molecule has 0 spiro atoms. The molecule has 1 aromatic carbocycles. The summed E-state index contributed by atoms with van der Waals surface area (Å²) in [6.45, 7) is 5.75. The molecule has 3 heteroatoms. The van der Waals surface area contributed by atoms with E-state index in [0.717, 1.165) is 12.3 Å². The molecular formula is C19H24N2O. The maximum absolute atomic E-state index is 5.85. The normalized spacial score (nSPS) is 14.6. The van der Waals surface area contributed by atoms with Gasteiger partial charge in [-0.05, 0) is 61.9 Å². The van der Waals surface area contributed by atoms with Crippen molar-refractivity contribution in [3.8, 4) is 5.75 Å². The monoisotopic (exact) mass is 296 g/mol. The molecule has 1 N–H and O–H groups in total. The van der Waals surface area contributed by atoms with Crippen molar-refractivity contribution in [3.63, 3.8) is 0 Å². The molecule has 1 unspecified atom stereocenters. The van der Waals surface area contributed by atoms with Gasteiger partial charge in [0.1, 0.15) is 5.75 Å². The molecular weight excluding hydrogens is 272 g/mol. The molecule has 0 aliphatic heterocycles. The van der Waals surface area contributed by atoms with Gasteiger partial charge in [0.25, 0.3) is 0 Å². The van der Waals surface area contributed by atoms with Gasteiger partial charge in [-0.15, -0.1) is 0 Å². The Morgan fingerprint density at radius 1 is 1.27 bits per heavy atom. The Kier molecular flexibility index (Phi) is 4.74. The molecule has 0 fully saturated rings. The standard InChI is InChI=1S/C19H24N2O/c1-3-22-19-11-16-7-4-6-15(16)10-18(19)13-21-14(2)17-8-5-9-20-12-17/h5,8-12,14,21H,3-4,6-7,13H2,1-2H3. The molecule has 1 aliphatic rings. The third-order valence-electron chi connectivity index (χ3n) is 4.36. The first kappa shape index (κ1) is 15.0. The van der Waals surface area contributed by atoms with E-state index in [1.807, 2.05) is 25.4 Å². The van der Waals surface area contributed by atoms with Crippen LogP contribution in [0.2, 0.25) is 0 Å². The van der Waals surface area contributed by atoms with Crippen LogP contribution in [0.1, 0.15) is 48.6 Å². The molecule has 1 heterocycles. The average Bonchev–Trinajstić information content (AvgIpc) is 3.00. The lowest BCUT2D eigenvalue weighted by molar-refractivity contribution is 0.334. The molecule has 0 bridgehead atoms. The molecule has 1 atom stereocenters. The highest BCUT2D eigenvalue weighted by atomic mass is 16.5. The number of pyridine rings is 1. The van der Waals surface area contributed by atoms with Gasteiger partial charge in [0, 0.05) is 30.5 Å². The largest absolute Gasteiger partial charge is 0.494 e. The van der Waals surface area contributed by atoms with E-state index >= 15 is 0 Å². The number of fused-ring (bicyclic) bond motifs is 1. The predicted molar refractivity (Wildman–Crippen MR) is 89.1 cm³/mol.